The van der Waals surface area contributed by atoms with Gasteiger partial charge in [-0.1, -0.05) is 46.8 Å². The molecule has 2 aromatic rings. The highest BCUT2D eigenvalue weighted by Gasteiger charge is 2.27. The van der Waals surface area contributed by atoms with E-state index in [1.165, 1.54) is 11.8 Å². The molecule has 0 saturated carbocycles. The molecule has 0 aliphatic rings. The van der Waals surface area contributed by atoms with Crippen LogP contribution in [0.5, 0.6) is 5.75 Å². The van der Waals surface area contributed by atoms with Crippen LogP contribution in [0.1, 0.15) is 52.4 Å². The summed E-state index contributed by atoms with van der Waals surface area (Å²) in [6.45, 7) is 11.1. The topological polar surface area (TPSA) is 63.8 Å². The number of furan rings is 1. The van der Waals surface area contributed by atoms with E-state index in [-0.39, 0.29) is 23.3 Å². The van der Waals surface area contributed by atoms with Gasteiger partial charge in [-0.05, 0) is 47.1 Å². The molecule has 0 unspecified atom stereocenters. The van der Waals surface area contributed by atoms with Gasteiger partial charge in [0.15, 0.2) is 6.61 Å². The van der Waals surface area contributed by atoms with E-state index in [0.717, 1.165) is 6.42 Å². The number of carbonyl (C=O) groups excluding carboxylic acids is 1. The highest BCUT2D eigenvalue weighted by molar-refractivity contribution is 5.81. The van der Waals surface area contributed by atoms with E-state index in [2.05, 4.69) is 57.3 Å². The lowest BCUT2D eigenvalue weighted by Gasteiger charge is -2.33. The molecule has 26 heavy (non-hydrogen) atoms. The van der Waals surface area contributed by atoms with Crippen LogP contribution in [-0.4, -0.2) is 18.7 Å². The highest BCUT2D eigenvalue weighted by Crippen LogP contribution is 2.36. The fourth-order valence-corrected chi connectivity index (χ4v) is 3.14. The van der Waals surface area contributed by atoms with Gasteiger partial charge in [-0.25, -0.2) is 5.43 Å². The summed E-state index contributed by atoms with van der Waals surface area (Å²) >= 11 is 0. The lowest BCUT2D eigenvalue weighted by molar-refractivity contribution is -0.123. The van der Waals surface area contributed by atoms with Crippen LogP contribution in [0.3, 0.4) is 0 Å². The van der Waals surface area contributed by atoms with Crippen molar-refractivity contribution < 1.29 is 13.9 Å². The van der Waals surface area contributed by atoms with E-state index in [1.807, 2.05) is 12.1 Å². The summed E-state index contributed by atoms with van der Waals surface area (Å²) in [7, 11) is 0. The molecule has 1 amide bonds. The Bertz CT molecular complexity index is 724. The molecule has 5 heteroatoms. The second-order valence-corrected chi connectivity index (χ2v) is 8.24. The number of rotatable bonds is 7. The van der Waals surface area contributed by atoms with Crippen molar-refractivity contribution in [3.05, 3.63) is 54.0 Å². The van der Waals surface area contributed by atoms with Crippen molar-refractivity contribution in [3.63, 3.8) is 0 Å². The molecule has 140 valence electrons. The molecule has 1 aromatic carbocycles. The van der Waals surface area contributed by atoms with Crippen molar-refractivity contribution in [3.8, 4) is 5.75 Å². The number of benzene rings is 1. The Balaban J connectivity index is 1.84. The molecule has 0 bridgehead atoms. The minimum atomic E-state index is -0.329. The molecule has 5 nitrogen and oxygen atoms in total. The average molecular weight is 356 g/mol. The molecule has 0 atom stereocenters. The first-order valence-electron chi connectivity index (χ1n) is 8.74. The summed E-state index contributed by atoms with van der Waals surface area (Å²) in [5, 5.41) is 3.81. The first-order valence-corrected chi connectivity index (χ1v) is 8.74. The molecule has 0 radical (unpaired) electrons. The van der Waals surface area contributed by atoms with Crippen LogP contribution in [0.4, 0.5) is 0 Å². The second-order valence-electron chi connectivity index (χ2n) is 8.24. The normalized spacial score (nSPS) is 12.3. The van der Waals surface area contributed by atoms with Crippen LogP contribution in [0.15, 0.2) is 52.2 Å². The van der Waals surface area contributed by atoms with Gasteiger partial charge in [-0.15, -0.1) is 0 Å². The molecule has 0 fully saturated rings. The van der Waals surface area contributed by atoms with Gasteiger partial charge in [0.05, 0.1) is 12.5 Å². The van der Waals surface area contributed by atoms with Gasteiger partial charge in [0.2, 0.25) is 0 Å². The molecule has 1 N–H and O–H groups in total. The van der Waals surface area contributed by atoms with Crippen LogP contribution >= 0.6 is 0 Å². The standard InChI is InChI=1S/C21H28N2O3/c1-20(2,3)15-21(4,5)16-8-10-17(11-9-16)26-14-19(24)23-22-13-18-7-6-12-25-18/h6-13H,14-15H2,1-5H3,(H,23,24)/b22-13-. The van der Waals surface area contributed by atoms with Gasteiger partial charge in [-0.2, -0.15) is 5.10 Å². The van der Waals surface area contributed by atoms with Crippen molar-refractivity contribution >= 4 is 12.1 Å². The molecule has 0 spiro atoms. The Labute approximate surface area is 155 Å². The highest BCUT2D eigenvalue weighted by atomic mass is 16.5. The largest absolute Gasteiger partial charge is 0.484 e. The van der Waals surface area contributed by atoms with Gasteiger partial charge in [-0.3, -0.25) is 4.79 Å². The summed E-state index contributed by atoms with van der Waals surface area (Å²) in [6, 6.07) is 11.4. The number of nitrogens with one attached hydrogen (secondary N) is 1. The molecule has 2 rings (SSSR count). The Morgan fingerprint density at radius 1 is 1.15 bits per heavy atom. The van der Waals surface area contributed by atoms with Gasteiger partial charge in [0.25, 0.3) is 5.91 Å². The lowest BCUT2D eigenvalue weighted by atomic mass is 9.72. The molecule has 0 aliphatic heterocycles. The van der Waals surface area contributed by atoms with Crippen LogP contribution in [0.25, 0.3) is 0 Å². The molecule has 1 aromatic heterocycles. The van der Waals surface area contributed by atoms with Gasteiger partial charge >= 0.3 is 0 Å². The van der Waals surface area contributed by atoms with E-state index in [0.29, 0.717) is 11.5 Å². The predicted octanol–water partition coefficient (Wildman–Crippen LogP) is 4.52. The van der Waals surface area contributed by atoms with Crippen molar-refractivity contribution in [2.75, 3.05) is 6.61 Å². The van der Waals surface area contributed by atoms with Crippen molar-refractivity contribution in [1.82, 2.24) is 5.43 Å². The monoisotopic (exact) mass is 356 g/mol. The van der Waals surface area contributed by atoms with Crippen LogP contribution in [0, 0.1) is 5.41 Å². The van der Waals surface area contributed by atoms with E-state index < -0.39 is 0 Å². The third-order valence-corrected chi connectivity index (χ3v) is 3.90. The second kappa shape index (κ2) is 8.21. The zero-order valence-corrected chi connectivity index (χ0v) is 16.2. The number of carbonyl (C=O) groups is 1. The summed E-state index contributed by atoms with van der Waals surface area (Å²) in [5.74, 6) is 0.898. The van der Waals surface area contributed by atoms with E-state index >= 15 is 0 Å². The SMILES string of the molecule is CC(C)(C)CC(C)(C)c1ccc(OCC(=O)N/N=C\c2ccco2)cc1. The predicted molar refractivity (Wildman–Crippen MR) is 103 cm³/mol. The average Bonchev–Trinajstić information content (AvgIpc) is 3.04. The Morgan fingerprint density at radius 3 is 2.42 bits per heavy atom. The zero-order valence-electron chi connectivity index (χ0n) is 16.2. The fraction of sp³-hybridized carbons (Fsp3) is 0.429. The molecule has 0 saturated heterocycles. The van der Waals surface area contributed by atoms with Crippen molar-refractivity contribution in [2.45, 2.75) is 46.5 Å². The number of hydrazone groups is 1. The van der Waals surface area contributed by atoms with Gasteiger partial charge in [0, 0.05) is 0 Å². The summed E-state index contributed by atoms with van der Waals surface area (Å²) in [5.41, 5.74) is 3.99. The van der Waals surface area contributed by atoms with E-state index in [4.69, 9.17) is 9.15 Å². The Hall–Kier alpha value is -2.56. The Kier molecular flexibility index (Phi) is 6.24. The summed E-state index contributed by atoms with van der Waals surface area (Å²) in [4.78, 5) is 11.7. The quantitative estimate of drug-likeness (QED) is 0.586. The van der Waals surface area contributed by atoms with Gasteiger partial charge in [0.1, 0.15) is 11.5 Å². The maximum absolute atomic E-state index is 11.7. The third-order valence-electron chi connectivity index (χ3n) is 3.90. The molecular formula is C21H28N2O3. The maximum atomic E-state index is 11.7. The maximum Gasteiger partial charge on any atom is 0.277 e. The zero-order chi connectivity index (χ0) is 19.2. The van der Waals surface area contributed by atoms with E-state index in [1.54, 1.807) is 18.4 Å². The molecule has 0 aliphatic carbocycles. The number of amides is 1. The van der Waals surface area contributed by atoms with Crippen LogP contribution in [-0.2, 0) is 10.2 Å². The first kappa shape index (κ1) is 19.8. The number of hydrogen-bond donors (Lipinski definition) is 1. The minimum Gasteiger partial charge on any atom is -0.484 e. The van der Waals surface area contributed by atoms with Crippen LogP contribution < -0.4 is 10.2 Å². The van der Waals surface area contributed by atoms with Gasteiger partial charge < -0.3 is 9.15 Å². The summed E-state index contributed by atoms with van der Waals surface area (Å²) in [6.07, 6.45) is 4.05. The summed E-state index contributed by atoms with van der Waals surface area (Å²) < 4.78 is 10.6. The van der Waals surface area contributed by atoms with Crippen molar-refractivity contribution in [2.24, 2.45) is 10.5 Å². The molecule has 1 heterocycles. The van der Waals surface area contributed by atoms with Crippen LogP contribution in [0.2, 0.25) is 0 Å². The smallest absolute Gasteiger partial charge is 0.277 e. The van der Waals surface area contributed by atoms with E-state index in [9.17, 15) is 4.79 Å². The Morgan fingerprint density at radius 2 is 1.85 bits per heavy atom. The lowest BCUT2D eigenvalue weighted by Crippen LogP contribution is -2.25. The number of hydrogen-bond acceptors (Lipinski definition) is 4. The molecular weight excluding hydrogens is 328 g/mol. The minimum absolute atomic E-state index is 0.0781. The number of ether oxygens (including phenoxy) is 1. The fourth-order valence-electron chi connectivity index (χ4n) is 3.14. The first-order chi connectivity index (χ1) is 12.2. The number of nitrogens with zero attached hydrogens (tertiary/aromatic N) is 1. The van der Waals surface area contributed by atoms with Crippen molar-refractivity contribution in [1.29, 1.82) is 0 Å². The third kappa shape index (κ3) is 6.39.